The molecule has 12 heteroatoms. The molecule has 0 rings (SSSR count). The standard InChI is InChI=1S/C9H18N2O8S2/c1-20(14,15)5-3-18-8(12)10-7-11-9(13)19-4-6-21(2,16)17/h3-7H2,1-2H3,(H,10,12)(H,11,13). The van der Waals surface area contributed by atoms with E-state index in [1.54, 1.807) is 0 Å². The lowest BCUT2D eigenvalue weighted by Gasteiger charge is -2.08. The summed E-state index contributed by atoms with van der Waals surface area (Å²) in [7, 11) is -6.44. The van der Waals surface area contributed by atoms with Crippen LogP contribution in [-0.4, -0.2) is 72.9 Å². The molecule has 0 saturated carbocycles. The van der Waals surface area contributed by atoms with Crippen LogP contribution in [0.15, 0.2) is 0 Å². The topological polar surface area (TPSA) is 145 Å². The molecule has 21 heavy (non-hydrogen) atoms. The number of carbonyl (C=O) groups is 2. The van der Waals surface area contributed by atoms with Crippen molar-refractivity contribution in [1.29, 1.82) is 0 Å². The maximum absolute atomic E-state index is 11.1. The van der Waals surface area contributed by atoms with Crippen LogP contribution in [0, 0.1) is 0 Å². The summed E-state index contributed by atoms with van der Waals surface area (Å²) in [5.41, 5.74) is 0. The van der Waals surface area contributed by atoms with Gasteiger partial charge >= 0.3 is 12.2 Å². The maximum atomic E-state index is 11.1. The van der Waals surface area contributed by atoms with Gasteiger partial charge in [-0.05, 0) is 0 Å². The maximum Gasteiger partial charge on any atom is 0.408 e. The zero-order valence-corrected chi connectivity index (χ0v) is 13.3. The van der Waals surface area contributed by atoms with Crippen molar-refractivity contribution in [3.8, 4) is 0 Å². The zero-order valence-electron chi connectivity index (χ0n) is 11.6. The zero-order chi connectivity index (χ0) is 16.5. The van der Waals surface area contributed by atoms with Crippen LogP contribution in [0.1, 0.15) is 0 Å². The molecule has 0 radical (unpaired) electrons. The Bertz CT molecular complexity index is 504. The highest BCUT2D eigenvalue weighted by Gasteiger charge is 2.08. The molecule has 0 aliphatic heterocycles. The molecule has 0 atom stereocenters. The van der Waals surface area contributed by atoms with Gasteiger partial charge in [-0.2, -0.15) is 0 Å². The Labute approximate surface area is 123 Å². The van der Waals surface area contributed by atoms with Crippen LogP contribution >= 0.6 is 0 Å². The fourth-order valence-electron chi connectivity index (χ4n) is 0.862. The summed E-state index contributed by atoms with van der Waals surface area (Å²) >= 11 is 0. The van der Waals surface area contributed by atoms with Crippen molar-refractivity contribution in [3.05, 3.63) is 0 Å². The predicted octanol–water partition coefficient (Wildman–Crippen LogP) is -1.51. The number of carbonyl (C=O) groups excluding carboxylic acids is 2. The van der Waals surface area contributed by atoms with Gasteiger partial charge in [0.15, 0.2) is 19.7 Å². The number of ether oxygens (including phenoxy) is 2. The Balaban J connectivity index is 3.69. The van der Waals surface area contributed by atoms with Crippen LogP contribution in [0.4, 0.5) is 9.59 Å². The van der Waals surface area contributed by atoms with E-state index in [1.807, 2.05) is 0 Å². The van der Waals surface area contributed by atoms with Crippen molar-refractivity contribution in [2.45, 2.75) is 0 Å². The quantitative estimate of drug-likeness (QED) is 0.504. The van der Waals surface area contributed by atoms with E-state index in [0.717, 1.165) is 12.5 Å². The first kappa shape index (κ1) is 19.4. The van der Waals surface area contributed by atoms with Gasteiger partial charge in [-0.1, -0.05) is 0 Å². The minimum Gasteiger partial charge on any atom is -0.448 e. The monoisotopic (exact) mass is 346 g/mol. The summed E-state index contributed by atoms with van der Waals surface area (Å²) in [6, 6.07) is 0. The minimum absolute atomic E-state index is 0.302. The largest absolute Gasteiger partial charge is 0.448 e. The van der Waals surface area contributed by atoms with E-state index in [9.17, 15) is 26.4 Å². The van der Waals surface area contributed by atoms with Gasteiger partial charge in [0.2, 0.25) is 0 Å². The lowest BCUT2D eigenvalue weighted by molar-refractivity contribution is 0.144. The number of sulfone groups is 2. The second kappa shape index (κ2) is 8.67. The van der Waals surface area contributed by atoms with E-state index < -0.39 is 31.9 Å². The van der Waals surface area contributed by atoms with Gasteiger partial charge in [0.25, 0.3) is 0 Å². The highest BCUT2D eigenvalue weighted by Crippen LogP contribution is 1.86. The number of amides is 2. The first-order valence-corrected chi connectivity index (χ1v) is 9.78. The Morgan fingerprint density at radius 2 is 1.14 bits per heavy atom. The van der Waals surface area contributed by atoms with Crippen LogP contribution in [0.3, 0.4) is 0 Å². The summed E-state index contributed by atoms with van der Waals surface area (Å²) in [4.78, 5) is 22.1. The lowest BCUT2D eigenvalue weighted by Crippen LogP contribution is -2.38. The van der Waals surface area contributed by atoms with Crippen molar-refractivity contribution in [3.63, 3.8) is 0 Å². The fraction of sp³-hybridized carbons (Fsp3) is 0.778. The van der Waals surface area contributed by atoms with E-state index in [-0.39, 0.29) is 31.4 Å². The van der Waals surface area contributed by atoms with Gasteiger partial charge in [0, 0.05) is 12.5 Å². The average Bonchev–Trinajstić information content (AvgIpc) is 2.25. The molecule has 10 nitrogen and oxygen atoms in total. The number of rotatable bonds is 8. The van der Waals surface area contributed by atoms with Gasteiger partial charge in [-0.25, -0.2) is 26.4 Å². The van der Waals surface area contributed by atoms with Crippen LogP contribution in [0.25, 0.3) is 0 Å². The van der Waals surface area contributed by atoms with Gasteiger partial charge in [-0.15, -0.1) is 0 Å². The Kier molecular flexibility index (Phi) is 8.02. The third-order valence-electron chi connectivity index (χ3n) is 1.84. The molecule has 0 unspecified atom stereocenters. The molecule has 0 aromatic carbocycles. The van der Waals surface area contributed by atoms with Crippen LogP contribution < -0.4 is 10.6 Å². The highest BCUT2D eigenvalue weighted by atomic mass is 32.2. The molecule has 0 heterocycles. The SMILES string of the molecule is CS(=O)(=O)CCOC(=O)NCNC(=O)OCCS(C)(=O)=O. The van der Waals surface area contributed by atoms with Crippen molar-refractivity contribution in [1.82, 2.24) is 10.6 Å². The molecule has 2 amide bonds. The smallest absolute Gasteiger partial charge is 0.408 e. The normalized spacial score (nSPS) is 11.5. The first-order chi connectivity index (χ1) is 9.49. The van der Waals surface area contributed by atoms with Crippen molar-refractivity contribution in [2.75, 3.05) is 43.9 Å². The highest BCUT2D eigenvalue weighted by molar-refractivity contribution is 7.90. The molecular weight excluding hydrogens is 328 g/mol. The summed E-state index contributed by atoms with van der Waals surface area (Å²) in [6.07, 6.45) is 0.190. The van der Waals surface area contributed by atoms with Crippen molar-refractivity contribution in [2.24, 2.45) is 0 Å². The molecule has 0 aliphatic rings. The van der Waals surface area contributed by atoms with Crippen molar-refractivity contribution < 1.29 is 35.9 Å². The Hall–Kier alpha value is -1.56. The summed E-state index contributed by atoms with van der Waals surface area (Å²) in [6.45, 7) is -0.914. The van der Waals surface area contributed by atoms with Gasteiger partial charge < -0.3 is 20.1 Å². The molecule has 0 bridgehead atoms. The Morgan fingerprint density at radius 1 is 0.810 bits per heavy atom. The second-order valence-corrected chi connectivity index (χ2v) is 8.58. The third-order valence-corrected chi connectivity index (χ3v) is 3.66. The minimum atomic E-state index is -3.22. The van der Waals surface area contributed by atoms with Crippen LogP contribution in [0.2, 0.25) is 0 Å². The summed E-state index contributed by atoms with van der Waals surface area (Å²) in [5.74, 6) is -0.608. The Morgan fingerprint density at radius 3 is 1.43 bits per heavy atom. The third kappa shape index (κ3) is 14.7. The number of nitrogens with one attached hydrogen (secondary N) is 2. The van der Waals surface area contributed by atoms with Crippen molar-refractivity contribution >= 4 is 31.9 Å². The second-order valence-electron chi connectivity index (χ2n) is 4.06. The number of hydrogen-bond acceptors (Lipinski definition) is 8. The van der Waals surface area contributed by atoms with E-state index in [0.29, 0.717) is 0 Å². The van der Waals surface area contributed by atoms with Gasteiger partial charge in [0.1, 0.15) is 13.2 Å². The summed E-state index contributed by atoms with van der Waals surface area (Å²) < 4.78 is 52.1. The molecule has 0 aromatic rings. The molecule has 2 N–H and O–H groups in total. The fourth-order valence-corrected chi connectivity index (χ4v) is 1.63. The van der Waals surface area contributed by atoms with Crippen LogP contribution in [-0.2, 0) is 29.1 Å². The van der Waals surface area contributed by atoms with E-state index in [1.165, 1.54) is 0 Å². The van der Waals surface area contributed by atoms with E-state index in [2.05, 4.69) is 20.1 Å². The first-order valence-electron chi connectivity index (χ1n) is 5.66. The van der Waals surface area contributed by atoms with Crippen LogP contribution in [0.5, 0.6) is 0 Å². The number of hydrogen-bond donors (Lipinski definition) is 2. The molecular formula is C9H18N2O8S2. The van der Waals surface area contributed by atoms with E-state index >= 15 is 0 Å². The molecule has 0 fully saturated rings. The molecule has 0 aromatic heterocycles. The lowest BCUT2D eigenvalue weighted by atomic mass is 10.8. The molecule has 0 spiro atoms. The van der Waals surface area contributed by atoms with E-state index in [4.69, 9.17) is 0 Å². The predicted molar refractivity (Wildman–Crippen MR) is 73.3 cm³/mol. The molecule has 124 valence electrons. The van der Waals surface area contributed by atoms with Gasteiger partial charge in [0.05, 0.1) is 18.2 Å². The van der Waals surface area contributed by atoms with Gasteiger partial charge in [-0.3, -0.25) is 0 Å². The molecule has 0 saturated heterocycles. The summed E-state index contributed by atoms with van der Waals surface area (Å²) in [5, 5.41) is 4.24. The molecule has 0 aliphatic carbocycles. The number of alkyl carbamates (subject to hydrolysis) is 2. The average molecular weight is 346 g/mol.